The van der Waals surface area contributed by atoms with Crippen LogP contribution in [-0.2, 0) is 0 Å². The molecule has 228 valence electrons. The monoisotopic (exact) mass is 615 g/mol. The number of anilines is 2. The molecule has 0 amide bonds. The first-order chi connectivity index (χ1) is 23.8. The summed E-state index contributed by atoms with van der Waals surface area (Å²) >= 11 is 0. The van der Waals surface area contributed by atoms with Gasteiger partial charge in [0.1, 0.15) is 11.2 Å². The summed E-state index contributed by atoms with van der Waals surface area (Å²) in [6.07, 6.45) is 8.98. The highest BCUT2D eigenvalue weighted by Crippen LogP contribution is 2.38. The van der Waals surface area contributed by atoms with E-state index < -0.39 is 0 Å². The molecule has 0 atom stereocenters. The van der Waals surface area contributed by atoms with E-state index in [0.717, 1.165) is 40.8 Å². The zero-order chi connectivity index (χ0) is 31.9. The third-order valence-corrected chi connectivity index (χ3v) is 9.50. The molecular weight excluding hydrogens is 583 g/mol. The van der Waals surface area contributed by atoms with Crippen LogP contribution in [0.25, 0.3) is 66.1 Å². The van der Waals surface area contributed by atoms with E-state index >= 15 is 0 Å². The SMILES string of the molecule is C1=CC(N(c2ccc(-c3ccc(-c4ccccc4)cc3)cc2)c2ccc(-c3ccc4ccc5oc6ccccc6c5c4c3)cc2)=CCC1. The van der Waals surface area contributed by atoms with Crippen molar-refractivity contribution in [3.05, 3.63) is 182 Å². The lowest BCUT2D eigenvalue weighted by Crippen LogP contribution is -2.16. The van der Waals surface area contributed by atoms with Crippen molar-refractivity contribution in [1.29, 1.82) is 0 Å². The molecule has 0 radical (unpaired) electrons. The molecule has 1 aromatic heterocycles. The molecule has 0 saturated heterocycles. The van der Waals surface area contributed by atoms with E-state index in [2.05, 4.69) is 169 Å². The van der Waals surface area contributed by atoms with Gasteiger partial charge >= 0.3 is 0 Å². The van der Waals surface area contributed by atoms with E-state index in [9.17, 15) is 0 Å². The van der Waals surface area contributed by atoms with Crippen molar-refractivity contribution in [1.82, 2.24) is 0 Å². The zero-order valence-electron chi connectivity index (χ0n) is 26.5. The third-order valence-electron chi connectivity index (χ3n) is 9.50. The Morgan fingerprint density at radius 1 is 0.438 bits per heavy atom. The van der Waals surface area contributed by atoms with Crippen LogP contribution in [0.4, 0.5) is 11.4 Å². The number of nitrogens with zero attached hydrogens (tertiary/aromatic N) is 1. The molecule has 2 heteroatoms. The van der Waals surface area contributed by atoms with Gasteiger partial charge in [0.15, 0.2) is 0 Å². The van der Waals surface area contributed by atoms with E-state index in [1.165, 1.54) is 55.2 Å². The number of benzene rings is 7. The van der Waals surface area contributed by atoms with Gasteiger partial charge in [0, 0.05) is 27.8 Å². The van der Waals surface area contributed by atoms with E-state index in [0.29, 0.717) is 0 Å². The van der Waals surface area contributed by atoms with Gasteiger partial charge in [0.25, 0.3) is 0 Å². The van der Waals surface area contributed by atoms with Gasteiger partial charge in [-0.15, -0.1) is 0 Å². The van der Waals surface area contributed by atoms with Gasteiger partial charge in [-0.05, 0) is 106 Å². The number of furan rings is 1. The summed E-state index contributed by atoms with van der Waals surface area (Å²) < 4.78 is 6.19. The topological polar surface area (TPSA) is 16.4 Å². The van der Waals surface area contributed by atoms with Crippen molar-refractivity contribution in [2.24, 2.45) is 0 Å². The fraction of sp³-hybridized carbons (Fsp3) is 0.0435. The molecule has 0 spiro atoms. The van der Waals surface area contributed by atoms with Crippen molar-refractivity contribution in [3.8, 4) is 33.4 Å². The van der Waals surface area contributed by atoms with E-state index in [1.54, 1.807) is 0 Å². The third kappa shape index (κ3) is 5.09. The smallest absolute Gasteiger partial charge is 0.136 e. The Balaban J connectivity index is 1.04. The molecule has 0 bridgehead atoms. The van der Waals surface area contributed by atoms with Crippen LogP contribution >= 0.6 is 0 Å². The largest absolute Gasteiger partial charge is 0.456 e. The normalized spacial score (nSPS) is 12.9. The van der Waals surface area contributed by atoms with Crippen LogP contribution in [0.5, 0.6) is 0 Å². The predicted molar refractivity (Wildman–Crippen MR) is 203 cm³/mol. The zero-order valence-corrected chi connectivity index (χ0v) is 26.5. The van der Waals surface area contributed by atoms with Gasteiger partial charge in [-0.2, -0.15) is 0 Å². The highest BCUT2D eigenvalue weighted by molar-refractivity contribution is 6.19. The number of rotatable bonds is 6. The Morgan fingerprint density at radius 3 is 1.67 bits per heavy atom. The predicted octanol–water partition coefficient (Wildman–Crippen LogP) is 13.1. The van der Waals surface area contributed by atoms with Crippen LogP contribution in [0.1, 0.15) is 12.8 Å². The van der Waals surface area contributed by atoms with Gasteiger partial charge in [-0.1, -0.05) is 127 Å². The lowest BCUT2D eigenvalue weighted by Gasteiger charge is -2.28. The summed E-state index contributed by atoms with van der Waals surface area (Å²) in [5.41, 5.74) is 12.6. The maximum Gasteiger partial charge on any atom is 0.136 e. The quantitative estimate of drug-likeness (QED) is 0.185. The molecule has 1 aliphatic rings. The van der Waals surface area contributed by atoms with E-state index in [4.69, 9.17) is 4.42 Å². The summed E-state index contributed by atoms with van der Waals surface area (Å²) in [6.45, 7) is 0. The fourth-order valence-electron chi connectivity index (χ4n) is 7.03. The number of fused-ring (bicyclic) bond motifs is 5. The minimum atomic E-state index is 0.926. The highest BCUT2D eigenvalue weighted by Gasteiger charge is 2.16. The first-order valence-corrected chi connectivity index (χ1v) is 16.7. The fourth-order valence-corrected chi connectivity index (χ4v) is 7.03. The summed E-state index contributed by atoms with van der Waals surface area (Å²) in [6, 6.07) is 56.6. The van der Waals surface area contributed by atoms with Crippen molar-refractivity contribution < 1.29 is 4.42 Å². The van der Waals surface area contributed by atoms with Gasteiger partial charge in [0.05, 0.1) is 0 Å². The molecule has 9 rings (SSSR count). The second kappa shape index (κ2) is 11.9. The number of hydrogen-bond acceptors (Lipinski definition) is 2. The van der Waals surface area contributed by atoms with E-state index in [-0.39, 0.29) is 0 Å². The number of para-hydroxylation sites is 1. The van der Waals surface area contributed by atoms with Crippen LogP contribution < -0.4 is 4.90 Å². The molecule has 7 aromatic carbocycles. The Bertz CT molecular complexity index is 2460. The van der Waals surface area contributed by atoms with Crippen LogP contribution in [0, 0.1) is 0 Å². The lowest BCUT2D eigenvalue weighted by molar-refractivity contribution is 0.669. The summed E-state index contributed by atoms with van der Waals surface area (Å²) in [5, 5.41) is 4.77. The van der Waals surface area contributed by atoms with Crippen LogP contribution in [0.3, 0.4) is 0 Å². The number of allylic oxidation sites excluding steroid dienone is 3. The maximum atomic E-state index is 6.19. The Labute approximate surface area is 280 Å². The average Bonchev–Trinajstić information content (AvgIpc) is 3.56. The Morgan fingerprint density at radius 2 is 1.00 bits per heavy atom. The van der Waals surface area contributed by atoms with Crippen LogP contribution in [-0.4, -0.2) is 0 Å². The minimum absolute atomic E-state index is 0.926. The Kier molecular flexibility index (Phi) is 6.98. The van der Waals surface area contributed by atoms with E-state index in [1.807, 2.05) is 12.1 Å². The number of hydrogen-bond donors (Lipinski definition) is 0. The lowest BCUT2D eigenvalue weighted by atomic mass is 9.97. The first kappa shape index (κ1) is 28.1. The molecule has 8 aromatic rings. The molecule has 1 heterocycles. The van der Waals surface area contributed by atoms with Gasteiger partial charge < -0.3 is 9.32 Å². The van der Waals surface area contributed by atoms with Crippen molar-refractivity contribution in [3.63, 3.8) is 0 Å². The van der Waals surface area contributed by atoms with Crippen molar-refractivity contribution in [2.75, 3.05) is 4.90 Å². The molecule has 0 N–H and O–H groups in total. The highest BCUT2D eigenvalue weighted by atomic mass is 16.3. The summed E-state index contributed by atoms with van der Waals surface area (Å²) in [4.78, 5) is 2.36. The van der Waals surface area contributed by atoms with Crippen LogP contribution in [0.2, 0.25) is 0 Å². The van der Waals surface area contributed by atoms with Gasteiger partial charge in [-0.25, -0.2) is 0 Å². The molecule has 2 nitrogen and oxygen atoms in total. The second-order valence-electron chi connectivity index (χ2n) is 12.5. The minimum Gasteiger partial charge on any atom is -0.456 e. The summed E-state index contributed by atoms with van der Waals surface area (Å²) in [5.74, 6) is 0. The van der Waals surface area contributed by atoms with Crippen molar-refractivity contribution in [2.45, 2.75) is 12.8 Å². The molecule has 0 aliphatic heterocycles. The Hall–Kier alpha value is -6.12. The molecule has 0 saturated carbocycles. The molecular formula is C46H33NO. The summed E-state index contributed by atoms with van der Waals surface area (Å²) in [7, 11) is 0. The van der Waals surface area contributed by atoms with Crippen molar-refractivity contribution >= 4 is 44.1 Å². The first-order valence-electron chi connectivity index (χ1n) is 16.7. The maximum absolute atomic E-state index is 6.19. The average molecular weight is 616 g/mol. The molecule has 1 aliphatic carbocycles. The molecule has 0 fully saturated rings. The van der Waals surface area contributed by atoms with Gasteiger partial charge in [0.2, 0.25) is 0 Å². The van der Waals surface area contributed by atoms with Gasteiger partial charge in [-0.3, -0.25) is 0 Å². The molecule has 48 heavy (non-hydrogen) atoms. The van der Waals surface area contributed by atoms with Crippen LogP contribution in [0.15, 0.2) is 186 Å². The standard InChI is InChI=1S/C46H33NO/c1-3-9-32(10-4-1)33-15-17-34(18-16-33)35-21-26-40(27-22-35)47(39-11-5-2-6-12-39)41-28-23-36(24-29-41)38-20-19-37-25-30-45-46(43(37)31-38)42-13-7-8-14-44(42)48-45/h1,3-5,7-31H,2,6H2. The second-order valence-corrected chi connectivity index (χ2v) is 12.5. The molecule has 0 unspecified atom stereocenters.